The van der Waals surface area contributed by atoms with Crippen LogP contribution in [-0.4, -0.2) is 79.9 Å². The summed E-state index contributed by atoms with van der Waals surface area (Å²) in [5, 5.41) is 13.4. The second-order valence-electron chi connectivity index (χ2n) is 7.80. The third-order valence-electron chi connectivity index (χ3n) is 5.92. The Labute approximate surface area is 170 Å². The van der Waals surface area contributed by atoms with Gasteiger partial charge in [0.05, 0.1) is 12.1 Å². The van der Waals surface area contributed by atoms with E-state index in [9.17, 15) is 9.59 Å². The van der Waals surface area contributed by atoms with E-state index >= 15 is 0 Å². The Hall–Kier alpha value is -2.87. The fraction of sp³-hybridized carbons (Fsp3) is 0.476. The molecule has 4 rings (SSSR count). The number of hydrogen-bond acceptors (Lipinski definition) is 5. The number of nitrogens with one attached hydrogen (secondary N) is 3. The number of hydrogen-bond donors (Lipinski definition) is 3. The summed E-state index contributed by atoms with van der Waals surface area (Å²) in [6.45, 7) is 2.70. The van der Waals surface area contributed by atoms with Crippen LogP contribution in [0.1, 0.15) is 23.5 Å². The van der Waals surface area contributed by atoms with Gasteiger partial charge in [0.25, 0.3) is 0 Å². The van der Waals surface area contributed by atoms with Crippen LogP contribution in [0, 0.1) is 5.41 Å². The molecule has 0 aliphatic carbocycles. The van der Waals surface area contributed by atoms with Crippen LogP contribution in [-0.2, 0) is 9.53 Å². The zero-order chi connectivity index (χ0) is 20.4. The smallest absolute Gasteiger partial charge is 0.320 e. The number of fused-ring (bicyclic) bond motifs is 1. The minimum absolute atomic E-state index is 0.0159. The molecule has 3 saturated heterocycles. The normalized spacial score (nSPS) is 25.0. The summed E-state index contributed by atoms with van der Waals surface area (Å²) in [7, 11) is 1.82. The highest BCUT2D eigenvalue weighted by Crippen LogP contribution is 2.30. The van der Waals surface area contributed by atoms with Crippen molar-refractivity contribution < 1.29 is 14.3 Å². The van der Waals surface area contributed by atoms with Crippen molar-refractivity contribution in [3.63, 3.8) is 0 Å². The predicted molar refractivity (Wildman–Crippen MR) is 110 cm³/mol. The Bertz CT molecular complexity index is 816. The van der Waals surface area contributed by atoms with Crippen LogP contribution >= 0.6 is 0 Å². The van der Waals surface area contributed by atoms with Crippen LogP contribution < -0.4 is 10.6 Å². The summed E-state index contributed by atoms with van der Waals surface area (Å²) in [5.41, 5.74) is 3.02. The van der Waals surface area contributed by atoms with E-state index in [4.69, 9.17) is 10.1 Å². The van der Waals surface area contributed by atoms with Crippen molar-refractivity contribution in [1.29, 1.82) is 5.41 Å². The van der Waals surface area contributed by atoms with E-state index in [-0.39, 0.29) is 30.7 Å². The maximum Gasteiger partial charge on any atom is 0.320 e. The van der Waals surface area contributed by atoms with E-state index in [1.54, 1.807) is 6.20 Å². The second kappa shape index (κ2) is 8.24. The van der Waals surface area contributed by atoms with Gasteiger partial charge in [0, 0.05) is 57.1 Å². The monoisotopic (exact) mass is 397 g/mol. The van der Waals surface area contributed by atoms with Gasteiger partial charge < -0.3 is 30.6 Å². The van der Waals surface area contributed by atoms with Gasteiger partial charge in [-0.1, -0.05) is 24.3 Å². The number of likely N-dealkylation sites (tertiary alicyclic amines) is 2. The molecule has 0 bridgehead atoms. The second-order valence-corrected chi connectivity index (χ2v) is 7.80. The Morgan fingerprint density at radius 1 is 1.24 bits per heavy atom. The van der Waals surface area contributed by atoms with Gasteiger partial charge in [-0.3, -0.25) is 4.79 Å². The standard InChI is InChI=1S/C21H27N5O3/c1-23-9-16(8-22)14-2-4-15(5-3-14)17-10-26(11-17)21(28)25-7-6-19-18(12-25)24-20(27)13-29-19/h2-5,8-9,17-19,22-23H,6-7,10-13H2,1H3,(H,24,27)/b16-9+,22-8?/t18-,19+/m1/s1. The van der Waals surface area contributed by atoms with Crippen molar-refractivity contribution in [2.24, 2.45) is 0 Å². The predicted octanol–water partition coefficient (Wildman–Crippen LogP) is 1.00. The molecule has 1 aromatic rings. The summed E-state index contributed by atoms with van der Waals surface area (Å²) in [5.74, 6) is 0.226. The van der Waals surface area contributed by atoms with E-state index in [1.807, 2.05) is 29.0 Å². The molecule has 0 aromatic heterocycles. The summed E-state index contributed by atoms with van der Waals surface area (Å²) in [6.07, 6.45) is 3.90. The third kappa shape index (κ3) is 3.98. The summed E-state index contributed by atoms with van der Waals surface area (Å²) in [4.78, 5) is 28.1. The topological polar surface area (TPSA) is 97.8 Å². The van der Waals surface area contributed by atoms with Gasteiger partial charge in [-0.25, -0.2) is 4.79 Å². The average molecular weight is 397 g/mol. The lowest BCUT2D eigenvalue weighted by atomic mass is 9.90. The maximum absolute atomic E-state index is 12.8. The lowest BCUT2D eigenvalue weighted by molar-refractivity contribution is -0.139. The van der Waals surface area contributed by atoms with Crippen molar-refractivity contribution in [1.82, 2.24) is 20.4 Å². The minimum Gasteiger partial charge on any atom is -0.393 e. The molecule has 1 aromatic carbocycles. The quantitative estimate of drug-likeness (QED) is 0.661. The number of rotatable bonds is 4. The Morgan fingerprint density at radius 2 is 2.00 bits per heavy atom. The van der Waals surface area contributed by atoms with E-state index in [0.717, 1.165) is 17.6 Å². The highest BCUT2D eigenvalue weighted by Gasteiger charge is 2.40. The number of amides is 3. The fourth-order valence-corrected chi connectivity index (χ4v) is 4.23. The Morgan fingerprint density at radius 3 is 2.69 bits per heavy atom. The van der Waals surface area contributed by atoms with Gasteiger partial charge in [0.1, 0.15) is 6.61 Å². The molecule has 0 unspecified atom stereocenters. The molecule has 8 heteroatoms. The molecular weight excluding hydrogens is 370 g/mol. The molecule has 3 amide bonds. The number of benzene rings is 1. The lowest BCUT2D eigenvalue weighted by Gasteiger charge is -2.46. The number of allylic oxidation sites excluding steroid dienone is 1. The van der Waals surface area contributed by atoms with Gasteiger partial charge in [-0.2, -0.15) is 0 Å². The SMILES string of the molecule is CN/C=C(\C=N)c1ccc(C2CN(C(=O)N3CC[C@@H]4OCC(=O)N[C@@H]4C3)C2)cc1. The average Bonchev–Trinajstić information content (AvgIpc) is 2.71. The van der Waals surface area contributed by atoms with Gasteiger partial charge in [-0.05, 0) is 17.5 Å². The highest BCUT2D eigenvalue weighted by atomic mass is 16.5. The first-order valence-corrected chi connectivity index (χ1v) is 10.0. The largest absolute Gasteiger partial charge is 0.393 e. The first kappa shape index (κ1) is 19.4. The molecule has 29 heavy (non-hydrogen) atoms. The van der Waals surface area contributed by atoms with E-state index < -0.39 is 0 Å². The van der Waals surface area contributed by atoms with Crippen LogP contribution in [0.15, 0.2) is 30.5 Å². The van der Waals surface area contributed by atoms with Crippen molar-refractivity contribution in [3.8, 4) is 0 Å². The van der Waals surface area contributed by atoms with Gasteiger partial charge >= 0.3 is 6.03 Å². The number of morpholine rings is 1. The number of piperidine rings is 1. The zero-order valence-electron chi connectivity index (χ0n) is 16.6. The van der Waals surface area contributed by atoms with Crippen LogP contribution in [0.2, 0.25) is 0 Å². The molecule has 3 aliphatic heterocycles. The van der Waals surface area contributed by atoms with Crippen molar-refractivity contribution >= 4 is 23.7 Å². The molecule has 3 aliphatic rings. The summed E-state index contributed by atoms with van der Waals surface area (Å²) >= 11 is 0. The van der Waals surface area contributed by atoms with E-state index in [0.29, 0.717) is 32.1 Å². The van der Waals surface area contributed by atoms with Crippen LogP contribution in [0.5, 0.6) is 0 Å². The first-order valence-electron chi connectivity index (χ1n) is 10.0. The lowest BCUT2D eigenvalue weighted by Crippen LogP contribution is -2.63. The molecular formula is C21H27N5O3. The Kier molecular flexibility index (Phi) is 5.53. The fourth-order valence-electron chi connectivity index (χ4n) is 4.23. The number of nitrogens with zero attached hydrogens (tertiary/aromatic N) is 2. The van der Waals surface area contributed by atoms with E-state index in [1.165, 1.54) is 11.8 Å². The number of carbonyl (C=O) groups excluding carboxylic acids is 2. The number of carbonyl (C=O) groups is 2. The summed E-state index contributed by atoms with van der Waals surface area (Å²) < 4.78 is 5.56. The first-order chi connectivity index (χ1) is 14.1. The van der Waals surface area contributed by atoms with Crippen LogP contribution in [0.3, 0.4) is 0 Å². The van der Waals surface area contributed by atoms with Gasteiger partial charge in [0.15, 0.2) is 0 Å². The highest BCUT2D eigenvalue weighted by molar-refractivity contribution is 6.08. The molecule has 3 fully saturated rings. The van der Waals surface area contributed by atoms with Gasteiger partial charge in [-0.15, -0.1) is 0 Å². The van der Waals surface area contributed by atoms with Crippen molar-refractivity contribution in [2.75, 3.05) is 39.8 Å². The van der Waals surface area contributed by atoms with E-state index in [2.05, 4.69) is 22.8 Å². The molecule has 2 atom stereocenters. The molecule has 8 nitrogen and oxygen atoms in total. The minimum atomic E-state index is -0.108. The van der Waals surface area contributed by atoms with Crippen LogP contribution in [0.25, 0.3) is 5.57 Å². The van der Waals surface area contributed by atoms with Crippen molar-refractivity contribution in [2.45, 2.75) is 24.5 Å². The molecule has 3 heterocycles. The zero-order valence-corrected chi connectivity index (χ0v) is 16.6. The molecule has 0 spiro atoms. The maximum atomic E-state index is 12.8. The molecule has 0 saturated carbocycles. The Balaban J connectivity index is 1.31. The molecule has 3 N–H and O–H groups in total. The summed E-state index contributed by atoms with van der Waals surface area (Å²) in [6, 6.07) is 8.13. The molecule has 154 valence electrons. The molecule has 0 radical (unpaired) electrons. The third-order valence-corrected chi connectivity index (χ3v) is 5.92. The van der Waals surface area contributed by atoms with Crippen LogP contribution in [0.4, 0.5) is 4.79 Å². The van der Waals surface area contributed by atoms with Crippen molar-refractivity contribution in [3.05, 3.63) is 41.6 Å². The number of ether oxygens (including phenoxy) is 1. The number of urea groups is 1. The van der Waals surface area contributed by atoms with Gasteiger partial charge in [0.2, 0.25) is 5.91 Å².